The minimum atomic E-state index is -0.100. The zero-order valence-electron chi connectivity index (χ0n) is 15.6. The lowest BCUT2D eigenvalue weighted by Crippen LogP contribution is -2.47. The molecule has 1 fully saturated rings. The Bertz CT molecular complexity index is 750. The maximum atomic E-state index is 12.7. The van der Waals surface area contributed by atoms with Gasteiger partial charge < -0.3 is 15.4 Å². The smallest absolute Gasteiger partial charge is 0.254 e. The first-order chi connectivity index (χ1) is 12.5. The normalized spacial score (nSPS) is 15.8. The van der Waals surface area contributed by atoms with E-state index in [0.29, 0.717) is 29.4 Å². The van der Waals surface area contributed by atoms with Gasteiger partial charge >= 0.3 is 0 Å². The Balaban J connectivity index is 0.00000261. The molecule has 2 aromatic rings. The van der Waals surface area contributed by atoms with Gasteiger partial charge in [0.25, 0.3) is 5.91 Å². The highest BCUT2D eigenvalue weighted by molar-refractivity contribution is 6.30. The largest absolute Gasteiger partial charge is 0.384 e. The third-order valence-electron chi connectivity index (χ3n) is 4.97. The van der Waals surface area contributed by atoms with E-state index in [1.54, 1.807) is 30.1 Å². The Kier molecular flexibility index (Phi) is 7.68. The second-order valence-corrected chi connectivity index (χ2v) is 7.35. The molecule has 27 heavy (non-hydrogen) atoms. The summed E-state index contributed by atoms with van der Waals surface area (Å²) in [4.78, 5) is 12.7. The van der Waals surface area contributed by atoms with Crippen LogP contribution in [0.25, 0.3) is 5.69 Å². The van der Waals surface area contributed by atoms with Gasteiger partial charge in [0.15, 0.2) is 0 Å². The summed E-state index contributed by atoms with van der Waals surface area (Å²) in [6, 6.07) is 7.36. The minimum absolute atomic E-state index is 0. The number of ether oxygens (including phenoxy) is 1. The zero-order valence-corrected chi connectivity index (χ0v) is 17.2. The number of hydrogen-bond donors (Lipinski definition) is 2. The Hall–Kier alpha value is -1.60. The second kappa shape index (κ2) is 9.55. The molecule has 0 atom stereocenters. The fourth-order valence-electron chi connectivity index (χ4n) is 3.41. The zero-order chi connectivity index (χ0) is 18.6. The monoisotopic (exact) mass is 412 g/mol. The average Bonchev–Trinajstić information content (AvgIpc) is 3.03. The number of hydrogen-bond acceptors (Lipinski definition) is 4. The molecule has 1 aromatic carbocycles. The number of carbonyl (C=O) groups is 1. The van der Waals surface area contributed by atoms with Crippen molar-refractivity contribution in [1.82, 2.24) is 20.4 Å². The summed E-state index contributed by atoms with van der Waals surface area (Å²) in [6.07, 6.45) is 3.74. The van der Waals surface area contributed by atoms with Crippen molar-refractivity contribution in [3.63, 3.8) is 0 Å². The van der Waals surface area contributed by atoms with Crippen LogP contribution in [0.15, 0.2) is 30.5 Å². The van der Waals surface area contributed by atoms with Crippen LogP contribution in [0, 0.1) is 12.3 Å². The summed E-state index contributed by atoms with van der Waals surface area (Å²) in [5.74, 6) is -0.100. The van der Waals surface area contributed by atoms with Crippen LogP contribution in [0.5, 0.6) is 0 Å². The van der Waals surface area contributed by atoms with E-state index < -0.39 is 0 Å². The van der Waals surface area contributed by atoms with E-state index in [-0.39, 0.29) is 23.7 Å². The van der Waals surface area contributed by atoms with E-state index in [0.717, 1.165) is 31.6 Å². The quantitative estimate of drug-likeness (QED) is 0.764. The van der Waals surface area contributed by atoms with E-state index in [4.69, 9.17) is 16.3 Å². The topological polar surface area (TPSA) is 68.2 Å². The Morgan fingerprint density at radius 3 is 2.63 bits per heavy atom. The SMILES string of the molecule is COCC1(CNC(=O)c2cn(-c3ccc(Cl)cc3)nc2C)CCNCC1.Cl. The van der Waals surface area contributed by atoms with Gasteiger partial charge in [0.1, 0.15) is 0 Å². The molecule has 0 bridgehead atoms. The first-order valence-electron chi connectivity index (χ1n) is 8.83. The summed E-state index contributed by atoms with van der Waals surface area (Å²) in [5.41, 5.74) is 2.14. The van der Waals surface area contributed by atoms with Crippen LogP contribution in [0.3, 0.4) is 0 Å². The van der Waals surface area contributed by atoms with Crippen LogP contribution >= 0.6 is 24.0 Å². The van der Waals surface area contributed by atoms with Crippen molar-refractivity contribution in [2.75, 3.05) is 33.4 Å². The number of nitrogens with one attached hydrogen (secondary N) is 2. The molecule has 1 amide bonds. The number of methoxy groups -OCH3 is 1. The molecule has 6 nitrogen and oxygen atoms in total. The predicted octanol–water partition coefficient (Wildman–Crippen LogP) is 3.00. The number of piperidine rings is 1. The maximum Gasteiger partial charge on any atom is 0.254 e. The molecule has 3 rings (SSSR count). The summed E-state index contributed by atoms with van der Waals surface area (Å²) >= 11 is 5.93. The lowest BCUT2D eigenvalue weighted by molar-refractivity contribution is 0.0511. The van der Waals surface area contributed by atoms with Gasteiger partial charge in [0.05, 0.1) is 23.6 Å². The van der Waals surface area contributed by atoms with Crippen LogP contribution in [0.2, 0.25) is 5.02 Å². The molecule has 2 N–H and O–H groups in total. The first kappa shape index (κ1) is 21.7. The Morgan fingerprint density at radius 1 is 1.33 bits per heavy atom. The van der Waals surface area contributed by atoms with Gasteiger partial charge in [-0.25, -0.2) is 4.68 Å². The summed E-state index contributed by atoms with van der Waals surface area (Å²) < 4.78 is 7.12. The van der Waals surface area contributed by atoms with Crippen molar-refractivity contribution in [3.8, 4) is 5.69 Å². The van der Waals surface area contributed by atoms with Crippen LogP contribution in [-0.2, 0) is 4.74 Å². The Morgan fingerprint density at radius 2 is 2.00 bits per heavy atom. The van der Waals surface area contributed by atoms with Crippen LogP contribution in [0.4, 0.5) is 0 Å². The van der Waals surface area contributed by atoms with E-state index >= 15 is 0 Å². The average molecular weight is 413 g/mol. The standard InChI is InChI=1S/C19H25ClN4O2.ClH/c1-14-17(11-24(23-14)16-5-3-15(20)4-6-16)18(25)22-12-19(13-26-2)7-9-21-10-8-19;/h3-6,11,21H,7-10,12-13H2,1-2H3,(H,22,25);1H. The van der Waals surface area contributed by atoms with Gasteiger partial charge in [-0.1, -0.05) is 11.6 Å². The van der Waals surface area contributed by atoms with Crippen LogP contribution < -0.4 is 10.6 Å². The van der Waals surface area contributed by atoms with Gasteiger partial charge in [0, 0.05) is 30.3 Å². The minimum Gasteiger partial charge on any atom is -0.384 e. The molecule has 1 aliphatic heterocycles. The number of nitrogens with zero attached hydrogens (tertiary/aromatic N) is 2. The fourth-order valence-corrected chi connectivity index (χ4v) is 3.53. The lowest BCUT2D eigenvalue weighted by atomic mass is 9.79. The third-order valence-corrected chi connectivity index (χ3v) is 5.23. The van der Waals surface area contributed by atoms with E-state index in [9.17, 15) is 4.79 Å². The molecule has 1 aliphatic rings. The molecule has 0 aliphatic carbocycles. The number of aryl methyl sites for hydroxylation is 1. The molecule has 1 aromatic heterocycles. The molecule has 0 unspecified atom stereocenters. The molecule has 148 valence electrons. The molecule has 0 radical (unpaired) electrons. The number of halogens is 2. The summed E-state index contributed by atoms with van der Waals surface area (Å²) in [5, 5.41) is 11.6. The van der Waals surface area contributed by atoms with Crippen molar-refractivity contribution < 1.29 is 9.53 Å². The predicted molar refractivity (Wildman–Crippen MR) is 109 cm³/mol. The van der Waals surface area contributed by atoms with E-state index in [2.05, 4.69) is 15.7 Å². The number of aromatic nitrogens is 2. The maximum absolute atomic E-state index is 12.7. The fraction of sp³-hybridized carbons (Fsp3) is 0.474. The Labute approximate surface area is 171 Å². The highest BCUT2D eigenvalue weighted by Gasteiger charge is 2.32. The van der Waals surface area contributed by atoms with Crippen molar-refractivity contribution in [1.29, 1.82) is 0 Å². The molecule has 2 heterocycles. The van der Waals surface area contributed by atoms with Gasteiger partial charge in [-0.3, -0.25) is 4.79 Å². The number of benzene rings is 1. The number of carbonyl (C=O) groups excluding carboxylic acids is 1. The van der Waals surface area contributed by atoms with Gasteiger partial charge in [-0.2, -0.15) is 5.10 Å². The second-order valence-electron chi connectivity index (χ2n) is 6.91. The summed E-state index contributed by atoms with van der Waals surface area (Å²) in [7, 11) is 1.71. The van der Waals surface area contributed by atoms with Crippen molar-refractivity contribution >= 4 is 29.9 Å². The van der Waals surface area contributed by atoms with E-state index in [1.807, 2.05) is 19.1 Å². The van der Waals surface area contributed by atoms with Gasteiger partial charge in [-0.05, 0) is 57.1 Å². The molecule has 0 saturated carbocycles. The van der Waals surface area contributed by atoms with Crippen molar-refractivity contribution in [3.05, 3.63) is 46.7 Å². The van der Waals surface area contributed by atoms with Gasteiger partial charge in [0.2, 0.25) is 0 Å². The number of amides is 1. The first-order valence-corrected chi connectivity index (χ1v) is 9.21. The molecular weight excluding hydrogens is 387 g/mol. The third kappa shape index (κ3) is 5.23. The highest BCUT2D eigenvalue weighted by Crippen LogP contribution is 2.28. The van der Waals surface area contributed by atoms with Crippen LogP contribution in [-0.4, -0.2) is 49.0 Å². The lowest BCUT2D eigenvalue weighted by Gasteiger charge is -2.37. The molecule has 8 heteroatoms. The highest BCUT2D eigenvalue weighted by atomic mass is 35.5. The molecule has 1 saturated heterocycles. The molecular formula is C19H26Cl2N4O2. The van der Waals surface area contributed by atoms with Crippen molar-refractivity contribution in [2.24, 2.45) is 5.41 Å². The summed E-state index contributed by atoms with van der Waals surface area (Å²) in [6.45, 7) is 5.00. The number of rotatable bonds is 6. The van der Waals surface area contributed by atoms with E-state index in [1.165, 1.54) is 0 Å². The van der Waals surface area contributed by atoms with Crippen LogP contribution in [0.1, 0.15) is 28.9 Å². The van der Waals surface area contributed by atoms with Crippen molar-refractivity contribution in [2.45, 2.75) is 19.8 Å². The van der Waals surface area contributed by atoms with Gasteiger partial charge in [-0.15, -0.1) is 12.4 Å². The molecule has 0 spiro atoms.